The number of hydrogen-bond donors (Lipinski definition) is 0. The lowest BCUT2D eigenvalue weighted by atomic mass is 9.76. The van der Waals surface area contributed by atoms with Crippen molar-refractivity contribution >= 4 is 11.8 Å². The zero-order chi connectivity index (χ0) is 19.5. The maximum atomic E-state index is 13.3. The fourth-order valence-electron chi connectivity index (χ4n) is 4.61. The number of amides is 2. The van der Waals surface area contributed by atoms with Crippen LogP contribution >= 0.6 is 0 Å². The van der Waals surface area contributed by atoms with Gasteiger partial charge in [0.15, 0.2) is 0 Å². The number of aryl methyl sites for hydroxylation is 2. The molecule has 2 saturated heterocycles. The van der Waals surface area contributed by atoms with E-state index in [2.05, 4.69) is 32.0 Å². The van der Waals surface area contributed by atoms with E-state index < -0.39 is 17.4 Å². The van der Waals surface area contributed by atoms with Crippen LogP contribution in [0.2, 0.25) is 0 Å². The Bertz CT molecular complexity index is 831. The van der Waals surface area contributed by atoms with Crippen LogP contribution in [0.25, 0.3) is 0 Å². The third-order valence-electron chi connectivity index (χ3n) is 6.53. The van der Waals surface area contributed by atoms with Crippen molar-refractivity contribution in [1.82, 2.24) is 9.80 Å². The van der Waals surface area contributed by atoms with Gasteiger partial charge in [0, 0.05) is 19.6 Å². The smallest absolute Gasteiger partial charge is 0.230 e. The van der Waals surface area contributed by atoms with Crippen molar-refractivity contribution in [1.29, 1.82) is 0 Å². The Labute approximate surface area is 161 Å². The van der Waals surface area contributed by atoms with Crippen molar-refractivity contribution in [2.75, 3.05) is 13.6 Å². The molecule has 3 aliphatic heterocycles. The second-order valence-corrected chi connectivity index (χ2v) is 8.56. The Morgan fingerprint density at radius 3 is 2.74 bits per heavy atom. The summed E-state index contributed by atoms with van der Waals surface area (Å²) in [6, 6.07) is 6.40. The van der Waals surface area contributed by atoms with Crippen LogP contribution in [0.3, 0.4) is 0 Å². The van der Waals surface area contributed by atoms with E-state index >= 15 is 0 Å². The highest BCUT2D eigenvalue weighted by Gasteiger charge is 2.67. The lowest BCUT2D eigenvalue weighted by Crippen LogP contribution is -2.46. The van der Waals surface area contributed by atoms with E-state index in [1.54, 1.807) is 4.90 Å². The monoisotopic (exact) mass is 368 g/mol. The van der Waals surface area contributed by atoms with Crippen LogP contribution in [-0.2, 0) is 20.9 Å². The number of nitrogens with zero attached hydrogens (tertiary/aromatic N) is 2. The fourth-order valence-corrected chi connectivity index (χ4v) is 4.61. The van der Waals surface area contributed by atoms with Gasteiger partial charge in [-0.15, -0.1) is 0 Å². The standard InChI is InChI=1S/C22H28N2O3/c1-13(2)23(5)20(25)18-17-8-9-22(27-17)12-24(21(26)19(18)22)11-16-7-6-14(3)15(4)10-16/h6-10,13,17-19H,11-12H2,1-5H3/t17-,18+,19+,22-/m0/s1. The molecular formula is C22H28N2O3. The lowest BCUT2D eigenvalue weighted by molar-refractivity contribution is -0.143. The minimum absolute atomic E-state index is 0.00704. The van der Waals surface area contributed by atoms with Crippen LogP contribution in [-0.4, -0.2) is 53.0 Å². The average Bonchev–Trinajstić information content (AvgIpc) is 3.25. The summed E-state index contributed by atoms with van der Waals surface area (Å²) in [5.74, 6) is -0.782. The summed E-state index contributed by atoms with van der Waals surface area (Å²) < 4.78 is 6.21. The molecule has 2 fully saturated rings. The van der Waals surface area contributed by atoms with Gasteiger partial charge in [-0.05, 0) is 44.4 Å². The van der Waals surface area contributed by atoms with E-state index in [0.29, 0.717) is 13.1 Å². The van der Waals surface area contributed by atoms with E-state index in [0.717, 1.165) is 5.56 Å². The molecule has 1 spiro atoms. The number of ether oxygens (including phenoxy) is 1. The van der Waals surface area contributed by atoms with Crippen LogP contribution in [0.4, 0.5) is 0 Å². The quantitative estimate of drug-likeness (QED) is 0.767. The Balaban J connectivity index is 1.59. The largest absolute Gasteiger partial charge is 0.360 e. The van der Waals surface area contributed by atoms with Gasteiger partial charge < -0.3 is 14.5 Å². The van der Waals surface area contributed by atoms with Gasteiger partial charge in [0.25, 0.3) is 0 Å². The summed E-state index contributed by atoms with van der Waals surface area (Å²) in [5, 5.41) is 0. The molecule has 1 aromatic carbocycles. The summed E-state index contributed by atoms with van der Waals surface area (Å²) >= 11 is 0. The number of carbonyl (C=O) groups is 2. The van der Waals surface area contributed by atoms with Gasteiger partial charge in [-0.3, -0.25) is 9.59 Å². The predicted octanol–water partition coefficient (Wildman–Crippen LogP) is 2.45. The molecule has 0 saturated carbocycles. The predicted molar refractivity (Wildman–Crippen MR) is 103 cm³/mol. The first-order chi connectivity index (χ1) is 12.7. The molecule has 4 rings (SSSR count). The summed E-state index contributed by atoms with van der Waals surface area (Å²) in [7, 11) is 1.81. The van der Waals surface area contributed by atoms with Crippen molar-refractivity contribution in [2.45, 2.75) is 52.0 Å². The maximum absolute atomic E-state index is 13.3. The van der Waals surface area contributed by atoms with E-state index in [1.807, 2.05) is 37.9 Å². The van der Waals surface area contributed by atoms with E-state index in [9.17, 15) is 9.59 Å². The highest BCUT2D eigenvalue weighted by molar-refractivity contribution is 5.93. The fraction of sp³-hybridized carbons (Fsp3) is 0.545. The van der Waals surface area contributed by atoms with Gasteiger partial charge in [0.05, 0.1) is 24.5 Å². The molecule has 2 bridgehead atoms. The highest BCUT2D eigenvalue weighted by atomic mass is 16.5. The Morgan fingerprint density at radius 2 is 2.07 bits per heavy atom. The van der Waals surface area contributed by atoms with Gasteiger partial charge in [-0.1, -0.05) is 30.4 Å². The summed E-state index contributed by atoms with van der Waals surface area (Å²) in [4.78, 5) is 29.9. The molecular weight excluding hydrogens is 340 g/mol. The van der Waals surface area contributed by atoms with Crippen molar-refractivity contribution < 1.29 is 14.3 Å². The number of hydrogen-bond acceptors (Lipinski definition) is 3. The zero-order valence-electron chi connectivity index (χ0n) is 16.7. The van der Waals surface area contributed by atoms with E-state index in [-0.39, 0.29) is 24.0 Å². The summed E-state index contributed by atoms with van der Waals surface area (Å²) in [5.41, 5.74) is 2.94. The molecule has 144 valence electrons. The normalized spacial score (nSPS) is 31.1. The number of carbonyl (C=O) groups excluding carboxylic acids is 2. The molecule has 0 aliphatic carbocycles. The molecule has 0 aromatic heterocycles. The first-order valence-corrected chi connectivity index (χ1v) is 9.72. The van der Waals surface area contributed by atoms with Crippen LogP contribution in [0, 0.1) is 25.7 Å². The molecule has 27 heavy (non-hydrogen) atoms. The third-order valence-corrected chi connectivity index (χ3v) is 6.53. The molecule has 1 aromatic rings. The van der Waals surface area contributed by atoms with E-state index in [4.69, 9.17) is 4.74 Å². The van der Waals surface area contributed by atoms with Gasteiger partial charge in [0.1, 0.15) is 5.60 Å². The molecule has 0 unspecified atom stereocenters. The average molecular weight is 368 g/mol. The minimum Gasteiger partial charge on any atom is -0.360 e. The summed E-state index contributed by atoms with van der Waals surface area (Å²) in [6.45, 7) is 9.22. The molecule has 3 aliphatic rings. The molecule has 0 radical (unpaired) electrons. The van der Waals surface area contributed by atoms with Crippen molar-refractivity contribution in [2.24, 2.45) is 11.8 Å². The molecule has 3 heterocycles. The topological polar surface area (TPSA) is 49.9 Å². The molecule has 0 N–H and O–H groups in total. The van der Waals surface area contributed by atoms with Crippen LogP contribution in [0.15, 0.2) is 30.4 Å². The molecule has 5 heteroatoms. The number of rotatable bonds is 4. The number of benzene rings is 1. The second kappa shape index (κ2) is 6.20. The van der Waals surface area contributed by atoms with Gasteiger partial charge in [-0.2, -0.15) is 0 Å². The van der Waals surface area contributed by atoms with Gasteiger partial charge in [0.2, 0.25) is 11.8 Å². The first kappa shape index (κ1) is 18.2. The van der Waals surface area contributed by atoms with Crippen molar-refractivity contribution in [3.63, 3.8) is 0 Å². The van der Waals surface area contributed by atoms with Crippen LogP contribution in [0.5, 0.6) is 0 Å². The van der Waals surface area contributed by atoms with Gasteiger partial charge >= 0.3 is 0 Å². The summed E-state index contributed by atoms with van der Waals surface area (Å²) in [6.07, 6.45) is 3.70. The SMILES string of the molecule is Cc1ccc(CN2C[C@]34C=C[C@H](O3)[C@@H](C(=O)N(C)C(C)C)[C@@H]4C2=O)cc1C. The Morgan fingerprint density at radius 1 is 1.33 bits per heavy atom. The maximum Gasteiger partial charge on any atom is 0.230 e. The number of fused-ring (bicyclic) bond motifs is 1. The molecule has 5 nitrogen and oxygen atoms in total. The molecule has 2 amide bonds. The van der Waals surface area contributed by atoms with Crippen molar-refractivity contribution in [3.05, 3.63) is 47.0 Å². The van der Waals surface area contributed by atoms with Crippen molar-refractivity contribution in [3.8, 4) is 0 Å². The minimum atomic E-state index is -0.639. The highest BCUT2D eigenvalue weighted by Crippen LogP contribution is 2.52. The van der Waals surface area contributed by atoms with E-state index in [1.165, 1.54) is 11.1 Å². The first-order valence-electron chi connectivity index (χ1n) is 9.72. The third kappa shape index (κ3) is 2.71. The van der Waals surface area contributed by atoms with Gasteiger partial charge in [-0.25, -0.2) is 0 Å². The second-order valence-electron chi connectivity index (χ2n) is 8.56. The lowest BCUT2D eigenvalue weighted by Gasteiger charge is -2.30. The van der Waals surface area contributed by atoms with Crippen LogP contribution < -0.4 is 0 Å². The number of likely N-dealkylation sites (tertiary alicyclic amines) is 1. The Hall–Kier alpha value is -2.14. The molecule has 4 atom stereocenters. The van der Waals surface area contributed by atoms with Crippen LogP contribution in [0.1, 0.15) is 30.5 Å². The Kier molecular flexibility index (Phi) is 4.18. The zero-order valence-corrected chi connectivity index (χ0v) is 16.7.